The Bertz CT molecular complexity index is 368. The first-order valence-electron chi connectivity index (χ1n) is 5.59. The maximum absolute atomic E-state index is 11.9. The number of halogens is 4. The van der Waals surface area contributed by atoms with Crippen molar-refractivity contribution < 1.29 is 17.9 Å². The van der Waals surface area contributed by atoms with Crippen molar-refractivity contribution in [2.45, 2.75) is 37.8 Å². The molecule has 1 aromatic heterocycles. The molecule has 0 fully saturated rings. The summed E-state index contributed by atoms with van der Waals surface area (Å²) in [6, 6.07) is 0. The molecule has 0 aliphatic heterocycles. The molecule has 0 aliphatic rings. The van der Waals surface area contributed by atoms with Gasteiger partial charge in [0.25, 0.3) is 0 Å². The van der Waals surface area contributed by atoms with E-state index in [1.807, 2.05) is 11.5 Å². The van der Waals surface area contributed by atoms with Crippen LogP contribution in [0.2, 0.25) is 0 Å². The zero-order valence-corrected chi connectivity index (χ0v) is 11.6. The van der Waals surface area contributed by atoms with Crippen LogP contribution in [-0.2, 0) is 23.0 Å². The van der Waals surface area contributed by atoms with E-state index in [2.05, 4.69) is 30.9 Å². The van der Waals surface area contributed by atoms with Gasteiger partial charge in [0, 0.05) is 13.0 Å². The van der Waals surface area contributed by atoms with Crippen molar-refractivity contribution in [2.75, 3.05) is 13.2 Å². The van der Waals surface area contributed by atoms with Crippen LogP contribution in [0, 0.1) is 0 Å². The highest BCUT2D eigenvalue weighted by Crippen LogP contribution is 2.14. The average Bonchev–Trinajstić information content (AvgIpc) is 2.66. The highest BCUT2D eigenvalue weighted by atomic mass is 79.9. The predicted molar refractivity (Wildman–Crippen MR) is 63.5 cm³/mol. The van der Waals surface area contributed by atoms with Gasteiger partial charge in [-0.25, -0.2) is 0 Å². The summed E-state index contributed by atoms with van der Waals surface area (Å²) in [6.07, 6.45) is -3.04. The molecule has 0 unspecified atom stereocenters. The second-order valence-electron chi connectivity index (χ2n) is 3.74. The first-order valence-corrected chi connectivity index (χ1v) is 6.71. The van der Waals surface area contributed by atoms with Crippen molar-refractivity contribution in [3.8, 4) is 0 Å². The van der Waals surface area contributed by atoms with Crippen molar-refractivity contribution in [1.29, 1.82) is 0 Å². The lowest BCUT2D eigenvalue weighted by Crippen LogP contribution is -2.18. The molecular weight excluding hydrogens is 315 g/mol. The quantitative estimate of drug-likeness (QED) is 0.570. The minimum absolute atomic E-state index is 0.0103. The van der Waals surface area contributed by atoms with Crippen molar-refractivity contribution in [1.82, 2.24) is 14.8 Å². The van der Waals surface area contributed by atoms with Gasteiger partial charge in [-0.2, -0.15) is 13.2 Å². The molecule has 18 heavy (non-hydrogen) atoms. The van der Waals surface area contributed by atoms with Gasteiger partial charge < -0.3 is 9.30 Å². The van der Waals surface area contributed by atoms with E-state index in [0.29, 0.717) is 17.6 Å². The summed E-state index contributed by atoms with van der Waals surface area (Å²) in [5.74, 6) is 1.44. The predicted octanol–water partition coefficient (Wildman–Crippen LogP) is 2.70. The molecule has 4 nitrogen and oxygen atoms in total. The molecule has 8 heteroatoms. The molecule has 0 amide bonds. The third-order valence-corrected chi connectivity index (χ3v) is 2.71. The number of hydrogen-bond acceptors (Lipinski definition) is 3. The van der Waals surface area contributed by atoms with E-state index in [0.717, 1.165) is 18.8 Å². The second-order valence-corrected chi connectivity index (χ2v) is 4.30. The molecule has 0 saturated heterocycles. The SMILES string of the molecule is CCCn1c(CBr)nnc1CCOCC(F)(F)F. The highest BCUT2D eigenvalue weighted by molar-refractivity contribution is 9.08. The molecule has 0 radical (unpaired) electrons. The summed E-state index contributed by atoms with van der Waals surface area (Å²) < 4.78 is 42.1. The topological polar surface area (TPSA) is 39.9 Å². The molecule has 0 spiro atoms. The third-order valence-electron chi connectivity index (χ3n) is 2.21. The van der Waals surface area contributed by atoms with Crippen LogP contribution in [0.15, 0.2) is 0 Å². The van der Waals surface area contributed by atoms with Gasteiger partial charge in [0.15, 0.2) is 0 Å². The molecule has 1 heterocycles. The van der Waals surface area contributed by atoms with Crippen molar-refractivity contribution in [3.63, 3.8) is 0 Å². The summed E-state index contributed by atoms with van der Waals surface area (Å²) in [7, 11) is 0. The smallest absolute Gasteiger partial charge is 0.372 e. The Kier molecular flexibility index (Phi) is 6.07. The van der Waals surface area contributed by atoms with E-state index in [4.69, 9.17) is 0 Å². The number of aromatic nitrogens is 3. The highest BCUT2D eigenvalue weighted by Gasteiger charge is 2.27. The molecule has 0 atom stereocenters. The van der Waals surface area contributed by atoms with Crippen molar-refractivity contribution in [2.24, 2.45) is 0 Å². The zero-order chi connectivity index (χ0) is 13.6. The van der Waals surface area contributed by atoms with E-state index < -0.39 is 12.8 Å². The molecule has 1 aromatic rings. The van der Waals surface area contributed by atoms with Gasteiger partial charge in [-0.3, -0.25) is 0 Å². The van der Waals surface area contributed by atoms with Crippen LogP contribution >= 0.6 is 15.9 Å². The van der Waals surface area contributed by atoms with E-state index in [1.54, 1.807) is 0 Å². The Morgan fingerprint density at radius 2 is 1.94 bits per heavy atom. The van der Waals surface area contributed by atoms with Gasteiger partial charge in [-0.1, -0.05) is 22.9 Å². The Labute approximate surface area is 112 Å². The maximum atomic E-state index is 11.9. The number of alkyl halides is 4. The summed E-state index contributed by atoms with van der Waals surface area (Å²) in [4.78, 5) is 0. The standard InChI is InChI=1S/C10H15BrF3N3O/c1-2-4-17-8(15-16-9(17)6-11)3-5-18-7-10(12,13)14/h2-7H2,1H3. The third kappa shape index (κ3) is 4.93. The van der Waals surface area contributed by atoms with Gasteiger partial charge in [0.2, 0.25) is 0 Å². The summed E-state index contributed by atoms with van der Waals surface area (Å²) in [5, 5.41) is 8.50. The monoisotopic (exact) mass is 329 g/mol. The maximum Gasteiger partial charge on any atom is 0.411 e. The number of nitrogens with zero attached hydrogens (tertiary/aromatic N) is 3. The van der Waals surface area contributed by atoms with E-state index >= 15 is 0 Å². The van der Waals surface area contributed by atoms with Gasteiger partial charge in [-0.05, 0) is 6.42 Å². The Morgan fingerprint density at radius 1 is 1.28 bits per heavy atom. The normalized spacial score (nSPS) is 12.1. The average molecular weight is 330 g/mol. The molecule has 0 N–H and O–H groups in total. The summed E-state index contributed by atoms with van der Waals surface area (Å²) >= 11 is 3.30. The van der Waals surface area contributed by atoms with Crippen LogP contribution in [0.5, 0.6) is 0 Å². The number of ether oxygens (including phenoxy) is 1. The van der Waals surface area contributed by atoms with Crippen LogP contribution in [0.25, 0.3) is 0 Å². The minimum atomic E-state index is -4.28. The van der Waals surface area contributed by atoms with Crippen LogP contribution in [0.3, 0.4) is 0 Å². The summed E-state index contributed by atoms with van der Waals surface area (Å²) in [5.41, 5.74) is 0. The van der Waals surface area contributed by atoms with E-state index in [9.17, 15) is 13.2 Å². The van der Waals surface area contributed by atoms with Crippen LogP contribution in [-0.4, -0.2) is 34.2 Å². The minimum Gasteiger partial charge on any atom is -0.372 e. The molecule has 0 aromatic carbocycles. The molecule has 0 aliphatic carbocycles. The fourth-order valence-electron chi connectivity index (χ4n) is 1.49. The van der Waals surface area contributed by atoms with Gasteiger partial charge >= 0.3 is 6.18 Å². The lowest BCUT2D eigenvalue weighted by atomic mass is 10.4. The van der Waals surface area contributed by atoms with Gasteiger partial charge in [0.05, 0.1) is 11.9 Å². The van der Waals surface area contributed by atoms with E-state index in [-0.39, 0.29) is 6.61 Å². The van der Waals surface area contributed by atoms with Crippen LogP contribution in [0.1, 0.15) is 25.0 Å². The summed E-state index contributed by atoms with van der Waals surface area (Å²) in [6.45, 7) is 1.54. The van der Waals surface area contributed by atoms with Crippen molar-refractivity contribution >= 4 is 15.9 Å². The van der Waals surface area contributed by atoms with E-state index in [1.165, 1.54) is 0 Å². The second kappa shape index (κ2) is 7.08. The molecular formula is C10H15BrF3N3O. The molecule has 0 saturated carbocycles. The largest absolute Gasteiger partial charge is 0.411 e. The molecule has 0 bridgehead atoms. The first-order chi connectivity index (χ1) is 8.48. The molecule has 1 rings (SSSR count). The molecule has 104 valence electrons. The first kappa shape index (κ1) is 15.4. The van der Waals surface area contributed by atoms with Crippen molar-refractivity contribution in [3.05, 3.63) is 11.6 Å². The Morgan fingerprint density at radius 3 is 2.50 bits per heavy atom. The fourth-order valence-corrected chi connectivity index (χ4v) is 1.90. The lowest BCUT2D eigenvalue weighted by Gasteiger charge is -2.09. The Balaban J connectivity index is 2.49. The fraction of sp³-hybridized carbons (Fsp3) is 0.800. The van der Waals surface area contributed by atoms with Crippen LogP contribution in [0.4, 0.5) is 13.2 Å². The number of hydrogen-bond donors (Lipinski definition) is 0. The Hall–Kier alpha value is -0.630. The van der Waals surface area contributed by atoms with Crippen LogP contribution < -0.4 is 0 Å². The van der Waals surface area contributed by atoms with Gasteiger partial charge in [-0.15, -0.1) is 10.2 Å². The zero-order valence-electron chi connectivity index (χ0n) is 10.0. The lowest BCUT2D eigenvalue weighted by molar-refractivity contribution is -0.173. The van der Waals surface area contributed by atoms with Gasteiger partial charge in [0.1, 0.15) is 18.3 Å². The number of rotatable bonds is 7.